The van der Waals surface area contributed by atoms with Gasteiger partial charge in [0, 0.05) is 18.1 Å². The van der Waals surface area contributed by atoms with Crippen molar-refractivity contribution >= 4 is 34.4 Å². The summed E-state index contributed by atoms with van der Waals surface area (Å²) in [7, 11) is 1.80. The van der Waals surface area contributed by atoms with E-state index in [1.54, 1.807) is 23.3 Å². The molecular weight excluding hydrogens is 358 g/mol. The fourth-order valence-corrected chi connectivity index (χ4v) is 3.65. The van der Waals surface area contributed by atoms with Gasteiger partial charge in [-0.25, -0.2) is 9.78 Å². The Morgan fingerprint density at radius 1 is 1.19 bits per heavy atom. The number of carbonyl (C=O) groups is 1. The van der Waals surface area contributed by atoms with Gasteiger partial charge in [-0.2, -0.15) is 0 Å². The van der Waals surface area contributed by atoms with Gasteiger partial charge in [0.25, 0.3) is 0 Å². The summed E-state index contributed by atoms with van der Waals surface area (Å²) in [5.74, 6) is 0. The summed E-state index contributed by atoms with van der Waals surface area (Å²) in [5, 5.41) is 11.8. The molecule has 0 saturated heterocycles. The van der Waals surface area contributed by atoms with Crippen LogP contribution in [0.25, 0.3) is 0 Å². The predicted octanol–water partition coefficient (Wildman–Crippen LogP) is 4.90. The minimum atomic E-state index is -0.145. The minimum absolute atomic E-state index is 0.0190. The van der Waals surface area contributed by atoms with Crippen molar-refractivity contribution < 1.29 is 4.79 Å². The molecule has 1 aliphatic heterocycles. The van der Waals surface area contributed by atoms with Crippen LogP contribution in [0.1, 0.15) is 30.4 Å². The maximum Gasteiger partial charge on any atom is 0.322 e. The summed E-state index contributed by atoms with van der Waals surface area (Å²) >= 11 is 1.57. The Labute approximate surface area is 162 Å². The van der Waals surface area contributed by atoms with Crippen molar-refractivity contribution in [1.29, 1.82) is 0 Å². The number of anilines is 3. The molecule has 1 unspecified atom stereocenters. The molecule has 0 spiro atoms. The first-order chi connectivity index (χ1) is 13.1. The number of carbonyl (C=O) groups excluding carboxylic acids is 1. The number of nitrogens with one attached hydrogen (secondary N) is 3. The lowest BCUT2D eigenvalue weighted by molar-refractivity contribution is 0.208. The fourth-order valence-electron chi connectivity index (χ4n) is 3.07. The number of fused-ring (bicyclic) bond motifs is 1. The molecule has 2 heterocycles. The van der Waals surface area contributed by atoms with Crippen molar-refractivity contribution in [2.75, 3.05) is 23.0 Å². The highest BCUT2D eigenvalue weighted by molar-refractivity contribution is 7.07. The van der Waals surface area contributed by atoms with E-state index in [0.29, 0.717) is 0 Å². The normalized spacial score (nSPS) is 16.0. The molecule has 0 radical (unpaired) electrons. The van der Waals surface area contributed by atoms with E-state index in [1.165, 1.54) is 0 Å². The number of hydrogen-bond acceptors (Lipinski definition) is 5. The molecule has 1 aliphatic rings. The lowest BCUT2D eigenvalue weighted by Gasteiger charge is -2.25. The van der Waals surface area contributed by atoms with E-state index in [-0.39, 0.29) is 18.2 Å². The SMILES string of the molecule is C[C@@H](c1ccccc1)N(C)C(=O)Nc1ccc2c(c1)NC(c1cscn1)N2. The van der Waals surface area contributed by atoms with E-state index in [4.69, 9.17) is 0 Å². The molecule has 0 fully saturated rings. The molecule has 2 amide bonds. The average molecular weight is 379 g/mol. The van der Waals surface area contributed by atoms with Crippen molar-refractivity contribution in [3.8, 4) is 0 Å². The van der Waals surface area contributed by atoms with Gasteiger partial charge in [0.05, 0.1) is 28.6 Å². The fraction of sp³-hybridized carbons (Fsp3) is 0.200. The molecule has 2 aromatic carbocycles. The average Bonchev–Trinajstić information content (AvgIpc) is 3.36. The van der Waals surface area contributed by atoms with Crippen LogP contribution in [0.4, 0.5) is 21.9 Å². The molecule has 0 bridgehead atoms. The van der Waals surface area contributed by atoms with Gasteiger partial charge in [-0.1, -0.05) is 30.3 Å². The summed E-state index contributed by atoms with van der Waals surface area (Å²) in [4.78, 5) is 18.7. The molecule has 3 N–H and O–H groups in total. The quantitative estimate of drug-likeness (QED) is 0.603. The summed E-state index contributed by atoms with van der Waals surface area (Å²) in [6.07, 6.45) is -0.0435. The third-order valence-corrected chi connectivity index (χ3v) is 5.41. The van der Waals surface area contributed by atoms with Crippen molar-refractivity contribution in [3.63, 3.8) is 0 Å². The van der Waals surface area contributed by atoms with Crippen LogP contribution in [-0.2, 0) is 0 Å². The van der Waals surface area contributed by atoms with Gasteiger partial charge >= 0.3 is 6.03 Å². The van der Waals surface area contributed by atoms with Crippen LogP contribution in [0.2, 0.25) is 0 Å². The zero-order valence-corrected chi connectivity index (χ0v) is 16.0. The molecule has 4 rings (SSSR count). The van der Waals surface area contributed by atoms with E-state index >= 15 is 0 Å². The van der Waals surface area contributed by atoms with Gasteiger partial charge < -0.3 is 20.9 Å². The van der Waals surface area contributed by atoms with E-state index in [2.05, 4.69) is 20.9 Å². The van der Waals surface area contributed by atoms with Crippen LogP contribution in [0.3, 0.4) is 0 Å². The summed E-state index contributed by atoms with van der Waals surface area (Å²) in [6.45, 7) is 2.02. The summed E-state index contributed by atoms with van der Waals surface area (Å²) in [6, 6.07) is 15.6. The van der Waals surface area contributed by atoms with Gasteiger partial charge in [-0.05, 0) is 30.7 Å². The second-order valence-corrected chi connectivity index (χ2v) is 7.24. The van der Waals surface area contributed by atoms with Gasteiger partial charge in [0.15, 0.2) is 0 Å². The van der Waals surface area contributed by atoms with Gasteiger partial charge in [-0.3, -0.25) is 0 Å². The molecule has 0 aliphatic carbocycles. The Kier molecular flexibility index (Phi) is 4.68. The number of rotatable bonds is 4. The number of amides is 2. The van der Waals surface area contributed by atoms with Crippen molar-refractivity contribution in [2.45, 2.75) is 19.1 Å². The number of urea groups is 1. The first-order valence-corrected chi connectivity index (χ1v) is 9.70. The number of hydrogen-bond donors (Lipinski definition) is 3. The van der Waals surface area contributed by atoms with E-state index < -0.39 is 0 Å². The lowest BCUT2D eigenvalue weighted by atomic mass is 10.1. The number of aromatic nitrogens is 1. The molecule has 2 atom stereocenters. The van der Waals surface area contributed by atoms with E-state index in [9.17, 15) is 4.79 Å². The molecule has 3 aromatic rings. The molecule has 0 saturated carbocycles. The van der Waals surface area contributed by atoms with Gasteiger partial charge in [0.2, 0.25) is 0 Å². The first kappa shape index (κ1) is 17.4. The number of thiazole rings is 1. The highest BCUT2D eigenvalue weighted by Gasteiger charge is 2.23. The Hall–Kier alpha value is -3.06. The largest absolute Gasteiger partial charge is 0.359 e. The smallest absolute Gasteiger partial charge is 0.322 e. The zero-order valence-electron chi connectivity index (χ0n) is 15.1. The number of benzene rings is 2. The highest BCUT2D eigenvalue weighted by atomic mass is 32.1. The zero-order chi connectivity index (χ0) is 18.8. The topological polar surface area (TPSA) is 69.3 Å². The minimum Gasteiger partial charge on any atom is -0.359 e. The maximum atomic E-state index is 12.6. The van der Waals surface area contributed by atoms with Crippen LogP contribution < -0.4 is 16.0 Å². The number of nitrogens with zero attached hydrogens (tertiary/aromatic N) is 2. The molecule has 138 valence electrons. The van der Waals surface area contributed by atoms with Gasteiger partial charge in [-0.15, -0.1) is 11.3 Å². The van der Waals surface area contributed by atoms with Gasteiger partial charge in [0.1, 0.15) is 6.17 Å². The standard InChI is InChI=1S/C20H21N5OS/c1-13(14-6-4-3-5-7-14)25(2)20(26)22-15-8-9-16-17(10-15)24-19(23-16)18-11-27-12-21-18/h3-13,19,23-24H,1-2H3,(H,22,26)/t13-,19?/m0/s1. The Balaban J connectivity index is 1.43. The summed E-state index contributed by atoms with van der Waals surface area (Å²) in [5.41, 5.74) is 6.57. The molecule has 6 nitrogen and oxygen atoms in total. The van der Waals surface area contributed by atoms with Crippen molar-refractivity contribution in [2.24, 2.45) is 0 Å². The van der Waals surface area contributed by atoms with Crippen LogP contribution in [0, 0.1) is 0 Å². The third-order valence-electron chi connectivity index (χ3n) is 4.80. The lowest BCUT2D eigenvalue weighted by Crippen LogP contribution is -2.33. The van der Waals surface area contributed by atoms with E-state index in [0.717, 1.165) is 28.3 Å². The second-order valence-electron chi connectivity index (χ2n) is 6.52. The Morgan fingerprint density at radius 3 is 2.70 bits per heavy atom. The van der Waals surface area contributed by atoms with Crippen LogP contribution >= 0.6 is 11.3 Å². The molecule has 1 aromatic heterocycles. The third kappa shape index (κ3) is 3.59. The first-order valence-electron chi connectivity index (χ1n) is 8.76. The van der Waals surface area contributed by atoms with Crippen LogP contribution in [-0.4, -0.2) is 23.0 Å². The van der Waals surface area contributed by atoms with Crippen molar-refractivity contribution in [3.05, 3.63) is 70.7 Å². The van der Waals surface area contributed by atoms with Crippen LogP contribution in [0.15, 0.2) is 59.4 Å². The summed E-state index contributed by atoms with van der Waals surface area (Å²) < 4.78 is 0. The maximum absolute atomic E-state index is 12.6. The predicted molar refractivity (Wildman–Crippen MR) is 110 cm³/mol. The molecule has 7 heteroatoms. The van der Waals surface area contributed by atoms with Crippen LogP contribution in [0.5, 0.6) is 0 Å². The second kappa shape index (κ2) is 7.28. The Morgan fingerprint density at radius 2 is 1.96 bits per heavy atom. The van der Waals surface area contributed by atoms with E-state index in [1.807, 2.05) is 66.3 Å². The monoisotopic (exact) mass is 379 g/mol. The Bertz CT molecular complexity index is 929. The molecule has 27 heavy (non-hydrogen) atoms. The molecular formula is C20H21N5OS. The van der Waals surface area contributed by atoms with Crippen molar-refractivity contribution in [1.82, 2.24) is 9.88 Å². The highest BCUT2D eigenvalue weighted by Crippen LogP contribution is 2.37.